The predicted octanol–water partition coefficient (Wildman–Crippen LogP) is 6.48. The first-order chi connectivity index (χ1) is 23.5. The van der Waals surface area contributed by atoms with Crippen molar-refractivity contribution in [3.63, 3.8) is 0 Å². The molecule has 8 atom stereocenters. The van der Waals surface area contributed by atoms with Crippen LogP contribution in [-0.2, 0) is 22.2 Å². The van der Waals surface area contributed by atoms with Crippen LogP contribution in [-0.4, -0.2) is 90.4 Å². The van der Waals surface area contributed by atoms with Crippen LogP contribution < -0.4 is 9.47 Å². The largest absolute Gasteiger partial charge is 0.497 e. The smallest absolute Gasteiger partial charge is 0.394 e. The minimum atomic E-state index is -4.67. The van der Waals surface area contributed by atoms with Crippen LogP contribution in [0.5, 0.6) is 11.5 Å². The molecule has 2 aliphatic carbocycles. The number of piperidine rings is 4. The highest BCUT2D eigenvalue weighted by Gasteiger charge is 2.53. The molecule has 50 heavy (non-hydrogen) atoms. The second-order valence-corrected chi connectivity index (χ2v) is 15.4. The number of rotatable bonds is 5. The molecule has 5 fully saturated rings. The molecular weight excluding hydrogens is 722 g/mol. The summed E-state index contributed by atoms with van der Waals surface area (Å²) in [5, 5.41) is 12.1. The van der Waals surface area contributed by atoms with Gasteiger partial charge in [0.05, 0.1) is 25.8 Å². The van der Waals surface area contributed by atoms with Crippen LogP contribution in [0.4, 0.5) is 0 Å². The van der Waals surface area contributed by atoms with E-state index in [1.54, 1.807) is 31.5 Å². The number of hydrogen-bond acceptors (Lipinski definition) is 8. The molecule has 12 heteroatoms. The average Bonchev–Trinajstić information content (AvgIpc) is 3.11. The Morgan fingerprint density at radius 2 is 1.74 bits per heavy atom. The van der Waals surface area contributed by atoms with E-state index in [9.17, 15) is 5.11 Å². The molecule has 4 bridgehead atoms. The van der Waals surface area contributed by atoms with Gasteiger partial charge in [0.2, 0.25) is 0 Å². The summed E-state index contributed by atoms with van der Waals surface area (Å²) in [6, 6.07) is 15.6. The molecule has 6 aliphatic rings. The first-order valence-electron chi connectivity index (χ1n) is 17.5. The molecule has 5 heterocycles. The summed E-state index contributed by atoms with van der Waals surface area (Å²) in [6.07, 6.45) is 13.8. The van der Waals surface area contributed by atoms with Crippen molar-refractivity contribution in [1.82, 2.24) is 14.8 Å². The van der Waals surface area contributed by atoms with E-state index in [0.717, 1.165) is 59.4 Å². The number of aromatic nitrogens is 1. The summed E-state index contributed by atoms with van der Waals surface area (Å²) in [4.78, 5) is 9.48. The van der Waals surface area contributed by atoms with Gasteiger partial charge in [0.15, 0.2) is 0 Å². The number of halogens is 1. The second-order valence-electron chi connectivity index (χ2n) is 14.5. The molecule has 10 nitrogen and oxygen atoms in total. The molecule has 0 spiro atoms. The van der Waals surface area contributed by atoms with E-state index in [-0.39, 0.29) is 23.0 Å². The third kappa shape index (κ3) is 7.91. The fourth-order valence-electron chi connectivity index (χ4n) is 9.75. The van der Waals surface area contributed by atoms with Gasteiger partial charge in [-0.1, -0.05) is 25.0 Å². The Hall–Kier alpha value is -2.58. The maximum absolute atomic E-state index is 11.2. The number of fused-ring (bicyclic) bond motifs is 5. The number of nitrogens with zero attached hydrogens (tertiary/aromatic N) is 3. The van der Waals surface area contributed by atoms with Crippen LogP contribution in [0.2, 0.25) is 0 Å². The molecule has 1 aromatic heterocycles. The van der Waals surface area contributed by atoms with Crippen molar-refractivity contribution >= 4 is 38.3 Å². The number of aliphatic hydroxyl groups excluding tert-OH is 1. The van der Waals surface area contributed by atoms with Crippen LogP contribution in [0.1, 0.15) is 67.7 Å². The molecule has 2 aromatic carbocycles. The van der Waals surface area contributed by atoms with Gasteiger partial charge in [0, 0.05) is 35.6 Å². The minimum Gasteiger partial charge on any atom is -0.497 e. The van der Waals surface area contributed by atoms with Crippen molar-refractivity contribution in [2.24, 2.45) is 17.8 Å². The van der Waals surface area contributed by atoms with Gasteiger partial charge in [-0.05, 0) is 130 Å². The zero-order chi connectivity index (χ0) is 34.9. The van der Waals surface area contributed by atoms with E-state index in [2.05, 4.69) is 52.7 Å². The van der Waals surface area contributed by atoms with E-state index in [1.165, 1.54) is 51.5 Å². The normalized spacial score (nSPS) is 30.1. The third-order valence-electron chi connectivity index (χ3n) is 12.1. The van der Waals surface area contributed by atoms with E-state index in [0.29, 0.717) is 17.3 Å². The highest BCUT2D eigenvalue weighted by molar-refractivity contribution is 8.93. The molecule has 0 amide bonds. The highest BCUT2D eigenvalue weighted by atomic mass is 79.9. The lowest BCUT2D eigenvalue weighted by atomic mass is 9.52. The molecule has 3 N–H and O–H groups in total. The summed E-state index contributed by atoms with van der Waals surface area (Å²) >= 11 is 0. The van der Waals surface area contributed by atoms with Crippen LogP contribution >= 0.6 is 17.0 Å². The molecule has 4 saturated heterocycles. The van der Waals surface area contributed by atoms with Crippen LogP contribution in [0.25, 0.3) is 10.9 Å². The first-order valence-corrected chi connectivity index (χ1v) is 18.9. The van der Waals surface area contributed by atoms with E-state index in [1.807, 2.05) is 24.3 Å². The van der Waals surface area contributed by atoms with Crippen LogP contribution in [0, 0.1) is 17.8 Å². The summed E-state index contributed by atoms with van der Waals surface area (Å²) in [7, 11) is 1.12. The first kappa shape index (κ1) is 38.6. The Kier molecular flexibility index (Phi) is 12.3. The van der Waals surface area contributed by atoms with Gasteiger partial charge in [0.1, 0.15) is 11.5 Å². The fraction of sp³-hybridized carbons (Fsp3) is 0.553. The number of likely N-dealkylation sites (tertiary alicyclic amines) is 1. The Labute approximate surface area is 307 Å². The Morgan fingerprint density at radius 3 is 2.42 bits per heavy atom. The lowest BCUT2D eigenvalue weighted by Crippen LogP contribution is -2.59. The third-order valence-corrected chi connectivity index (χ3v) is 12.1. The molecule has 1 saturated carbocycles. The number of hydrogen-bond donors (Lipinski definition) is 3. The molecule has 3 aromatic rings. The van der Waals surface area contributed by atoms with E-state index in [4.69, 9.17) is 27.0 Å². The SMILES string of the molecule is Br.C=C[C@H]1CN2CC[C@H]1C[C@H]2[C@@H](O)c1ccnc2ccc(OC)cc12.COc1ccc2c(c1)[C@]13CCCC[C@@H]1[C@H](C2)N(C)CC3.O=S(=O)(O)O. The van der Waals surface area contributed by atoms with Gasteiger partial charge in [-0.3, -0.25) is 19.0 Å². The average molecular weight is 775 g/mol. The zero-order valence-corrected chi connectivity index (χ0v) is 31.8. The summed E-state index contributed by atoms with van der Waals surface area (Å²) in [5.74, 6) is 3.92. The monoisotopic (exact) mass is 773 g/mol. The van der Waals surface area contributed by atoms with Crippen molar-refractivity contribution in [1.29, 1.82) is 0 Å². The lowest BCUT2D eigenvalue weighted by molar-refractivity contribution is -0.0444. The summed E-state index contributed by atoms with van der Waals surface area (Å²) < 4.78 is 42.4. The molecular formula is C38H52BrN3O7S. The maximum Gasteiger partial charge on any atom is 0.394 e. The predicted molar refractivity (Wildman–Crippen MR) is 201 cm³/mol. The summed E-state index contributed by atoms with van der Waals surface area (Å²) in [5.41, 5.74) is 5.52. The van der Waals surface area contributed by atoms with E-state index < -0.39 is 16.5 Å². The number of aliphatic hydroxyl groups is 1. The molecule has 274 valence electrons. The quantitative estimate of drug-likeness (QED) is 0.196. The van der Waals surface area contributed by atoms with Gasteiger partial charge in [0.25, 0.3) is 0 Å². The van der Waals surface area contributed by atoms with Gasteiger partial charge in [-0.15, -0.1) is 23.6 Å². The number of likely N-dealkylation sites (N-methyl/N-ethyl adjacent to an activating group) is 1. The standard InChI is InChI=1S/C20H24N2O2.C18H25NO.BrH.H2O4S/c1-3-13-12-22-9-7-14(13)10-19(22)20(23)16-6-8-21-18-5-4-15(24-2)11-17(16)18;1-19-10-9-18-8-4-3-5-15(18)17(19)11-13-6-7-14(20-2)12-16(13)18;;1-5(2,3)4/h3-6,8,11,13-14,19-20,23H,1,7,9-10,12H2,2H3;6-7,12,15,17H,3-5,8-11H2,1-2H3;1H;(H2,1,2,3,4)/t13-,14-,19-,20-;15-,17+,18+;;/m01../s1. The molecule has 9 rings (SSSR count). The van der Waals surface area contributed by atoms with Crippen molar-refractivity contribution in [3.8, 4) is 11.5 Å². The number of benzene rings is 2. The maximum atomic E-state index is 11.2. The van der Waals surface area contributed by atoms with Crippen molar-refractivity contribution in [3.05, 3.63) is 78.0 Å². The van der Waals surface area contributed by atoms with Gasteiger partial charge >= 0.3 is 10.4 Å². The van der Waals surface area contributed by atoms with Gasteiger partial charge in [-0.25, -0.2) is 0 Å². The highest BCUT2D eigenvalue weighted by Crippen LogP contribution is 2.56. The number of ether oxygens (including phenoxy) is 2. The van der Waals surface area contributed by atoms with Gasteiger partial charge in [-0.2, -0.15) is 8.42 Å². The Morgan fingerprint density at radius 1 is 1.02 bits per heavy atom. The van der Waals surface area contributed by atoms with Crippen molar-refractivity contribution in [2.75, 3.05) is 40.9 Å². The lowest BCUT2D eigenvalue weighted by Gasteiger charge is -2.58. The Balaban J connectivity index is 0.000000170. The number of methoxy groups -OCH3 is 2. The molecule has 4 aliphatic heterocycles. The fourth-order valence-corrected chi connectivity index (χ4v) is 9.75. The topological polar surface area (TPSA) is 133 Å². The Bertz CT molecular complexity index is 1750. The van der Waals surface area contributed by atoms with Crippen LogP contribution in [0.3, 0.4) is 0 Å². The number of pyridine rings is 1. The molecule has 1 unspecified atom stereocenters. The van der Waals surface area contributed by atoms with Crippen molar-refractivity contribution in [2.45, 2.75) is 75.0 Å². The van der Waals surface area contributed by atoms with Crippen molar-refractivity contribution < 1.29 is 32.1 Å². The van der Waals surface area contributed by atoms with Crippen LogP contribution in [0.15, 0.2) is 61.3 Å². The summed E-state index contributed by atoms with van der Waals surface area (Å²) in [6.45, 7) is 7.33. The van der Waals surface area contributed by atoms with E-state index >= 15 is 0 Å². The zero-order valence-electron chi connectivity index (χ0n) is 29.3. The molecule has 0 radical (unpaired) electrons. The second kappa shape index (κ2) is 16.0. The minimum absolute atomic E-state index is 0. The van der Waals surface area contributed by atoms with Gasteiger partial charge < -0.3 is 19.5 Å².